The van der Waals surface area contributed by atoms with Crippen LogP contribution in [0, 0.1) is 0 Å². The summed E-state index contributed by atoms with van der Waals surface area (Å²) in [6.45, 7) is 1.40. The fourth-order valence-corrected chi connectivity index (χ4v) is 1.05. The Bertz CT molecular complexity index is 384. The zero-order chi connectivity index (χ0) is 11.3. The molecule has 0 aliphatic carbocycles. The molecule has 0 aromatic heterocycles. The number of hydrogen-bond donors (Lipinski definition) is 2. The molecule has 0 aliphatic heterocycles. The summed E-state index contributed by atoms with van der Waals surface area (Å²) >= 11 is 0. The predicted molar refractivity (Wildman–Crippen MR) is 54.3 cm³/mol. The van der Waals surface area contributed by atoms with Gasteiger partial charge in [0.15, 0.2) is 0 Å². The van der Waals surface area contributed by atoms with Gasteiger partial charge in [0.1, 0.15) is 0 Å². The van der Waals surface area contributed by atoms with E-state index < -0.39 is 5.91 Å². The minimum Gasteiger partial charge on any atom is -0.326 e. The van der Waals surface area contributed by atoms with Gasteiger partial charge in [-0.25, -0.2) is 0 Å². The first-order valence-electron chi connectivity index (χ1n) is 4.25. The zero-order valence-electron chi connectivity index (χ0n) is 8.11. The normalized spacial score (nSPS) is 9.13. The topological polar surface area (TPSA) is 75.3 Å². The van der Waals surface area contributed by atoms with Gasteiger partial charge in [0.05, 0.1) is 0 Å². The number of carbonyl (C=O) groups is 3. The molecule has 0 aliphatic rings. The van der Waals surface area contributed by atoms with Gasteiger partial charge in [-0.3, -0.25) is 19.7 Å². The van der Waals surface area contributed by atoms with Gasteiger partial charge in [-0.15, -0.1) is 0 Å². The maximum absolute atomic E-state index is 11.1. The summed E-state index contributed by atoms with van der Waals surface area (Å²) in [5.74, 6) is -0.653. The fourth-order valence-electron chi connectivity index (χ4n) is 1.05. The van der Waals surface area contributed by atoms with Crippen molar-refractivity contribution in [2.45, 2.75) is 6.92 Å². The van der Waals surface area contributed by atoms with Crippen LogP contribution >= 0.6 is 0 Å². The minimum absolute atomic E-state index is 0.180. The Kier molecular flexibility index (Phi) is 3.56. The van der Waals surface area contributed by atoms with Crippen molar-refractivity contribution in [1.29, 1.82) is 0 Å². The Hall–Kier alpha value is -2.17. The maximum Gasteiger partial charge on any atom is 0.257 e. The van der Waals surface area contributed by atoms with Crippen molar-refractivity contribution in [2.75, 3.05) is 5.32 Å². The van der Waals surface area contributed by atoms with E-state index in [-0.39, 0.29) is 5.91 Å². The second kappa shape index (κ2) is 4.90. The van der Waals surface area contributed by atoms with Crippen LogP contribution in [0.3, 0.4) is 0 Å². The summed E-state index contributed by atoms with van der Waals surface area (Å²) in [5, 5.41) is 4.58. The third-order valence-electron chi connectivity index (χ3n) is 1.66. The van der Waals surface area contributed by atoms with Crippen LogP contribution in [0.15, 0.2) is 24.3 Å². The first kappa shape index (κ1) is 10.9. The second-order valence-corrected chi connectivity index (χ2v) is 2.85. The van der Waals surface area contributed by atoms with Crippen LogP contribution in [-0.2, 0) is 9.59 Å². The number of carbonyl (C=O) groups excluding carboxylic acids is 3. The van der Waals surface area contributed by atoms with Gasteiger partial charge in [-0.2, -0.15) is 0 Å². The molecular weight excluding hydrogens is 196 g/mol. The lowest BCUT2D eigenvalue weighted by molar-refractivity contribution is -0.114. The maximum atomic E-state index is 11.1. The van der Waals surface area contributed by atoms with Crippen LogP contribution in [0.2, 0.25) is 0 Å². The smallest absolute Gasteiger partial charge is 0.257 e. The van der Waals surface area contributed by atoms with Gasteiger partial charge in [0, 0.05) is 18.2 Å². The number of hydrogen-bond acceptors (Lipinski definition) is 3. The number of amides is 3. The van der Waals surface area contributed by atoms with Crippen LogP contribution in [0.25, 0.3) is 0 Å². The number of anilines is 1. The molecule has 3 amide bonds. The molecule has 1 aromatic carbocycles. The first-order valence-corrected chi connectivity index (χ1v) is 4.25. The Balaban J connectivity index is 2.75. The third-order valence-corrected chi connectivity index (χ3v) is 1.66. The summed E-state index contributed by atoms with van der Waals surface area (Å²) in [5.41, 5.74) is 0.960. The zero-order valence-corrected chi connectivity index (χ0v) is 8.11. The van der Waals surface area contributed by atoms with Crippen LogP contribution < -0.4 is 10.6 Å². The molecule has 1 rings (SSSR count). The predicted octanol–water partition coefficient (Wildman–Crippen LogP) is 0.531. The van der Waals surface area contributed by atoms with Crippen LogP contribution in [0.1, 0.15) is 17.3 Å². The lowest BCUT2D eigenvalue weighted by Gasteiger charge is -2.02. The minimum atomic E-state index is -0.473. The molecule has 0 heterocycles. The molecule has 2 N–H and O–H groups in total. The molecule has 5 heteroatoms. The molecule has 0 atom stereocenters. The highest BCUT2D eigenvalue weighted by Gasteiger charge is 2.03. The summed E-state index contributed by atoms with van der Waals surface area (Å²) in [7, 11) is 0. The molecule has 5 nitrogen and oxygen atoms in total. The molecule has 1 aromatic rings. The first-order chi connectivity index (χ1) is 7.13. The van der Waals surface area contributed by atoms with Gasteiger partial charge >= 0.3 is 0 Å². The molecule has 0 bridgehead atoms. The van der Waals surface area contributed by atoms with Gasteiger partial charge in [-0.05, 0) is 24.3 Å². The number of rotatable bonds is 3. The van der Waals surface area contributed by atoms with Crippen molar-refractivity contribution in [3.8, 4) is 0 Å². The van der Waals surface area contributed by atoms with E-state index in [0.29, 0.717) is 17.7 Å². The van der Waals surface area contributed by atoms with Gasteiger partial charge in [0.2, 0.25) is 12.3 Å². The van der Waals surface area contributed by atoms with Crippen molar-refractivity contribution in [2.24, 2.45) is 0 Å². The molecule has 0 spiro atoms. The molecule has 0 radical (unpaired) electrons. The Morgan fingerprint density at radius 2 is 1.80 bits per heavy atom. The fraction of sp³-hybridized carbons (Fsp3) is 0.100. The highest BCUT2D eigenvalue weighted by atomic mass is 16.2. The molecule has 0 fully saturated rings. The average molecular weight is 206 g/mol. The van der Waals surface area contributed by atoms with Crippen LogP contribution in [-0.4, -0.2) is 18.2 Å². The van der Waals surface area contributed by atoms with E-state index in [1.807, 2.05) is 5.32 Å². The lowest BCUT2D eigenvalue weighted by atomic mass is 10.2. The summed E-state index contributed by atoms with van der Waals surface area (Å²) in [4.78, 5) is 31.9. The molecule has 15 heavy (non-hydrogen) atoms. The van der Waals surface area contributed by atoms with E-state index in [2.05, 4.69) is 5.32 Å². The molecule has 0 saturated heterocycles. The Morgan fingerprint density at radius 3 is 2.27 bits per heavy atom. The van der Waals surface area contributed by atoms with E-state index in [0.717, 1.165) is 0 Å². The lowest BCUT2D eigenvalue weighted by Crippen LogP contribution is -2.21. The Labute approximate surface area is 86.5 Å². The number of benzene rings is 1. The van der Waals surface area contributed by atoms with E-state index in [4.69, 9.17) is 0 Å². The van der Waals surface area contributed by atoms with E-state index in [9.17, 15) is 14.4 Å². The summed E-state index contributed by atoms with van der Waals surface area (Å²) in [6.07, 6.45) is 0.323. The second-order valence-electron chi connectivity index (χ2n) is 2.85. The number of nitrogens with one attached hydrogen (secondary N) is 2. The van der Waals surface area contributed by atoms with E-state index >= 15 is 0 Å². The highest BCUT2D eigenvalue weighted by molar-refractivity contribution is 6.00. The van der Waals surface area contributed by atoms with E-state index in [1.54, 1.807) is 12.1 Å². The number of imide groups is 1. The monoisotopic (exact) mass is 206 g/mol. The van der Waals surface area contributed by atoms with Crippen molar-refractivity contribution < 1.29 is 14.4 Å². The van der Waals surface area contributed by atoms with Crippen molar-refractivity contribution in [1.82, 2.24) is 5.32 Å². The standard InChI is InChI=1S/C10H10N2O3/c1-7(14)12-9-4-2-8(3-5-9)10(15)11-6-13/h2-6H,1H3,(H,12,14)(H,11,13,15). The van der Waals surface area contributed by atoms with Crippen molar-refractivity contribution in [3.05, 3.63) is 29.8 Å². The van der Waals surface area contributed by atoms with Crippen molar-refractivity contribution >= 4 is 23.9 Å². The molecule has 0 saturated carbocycles. The van der Waals surface area contributed by atoms with Gasteiger partial charge < -0.3 is 5.32 Å². The summed E-state index contributed by atoms with van der Waals surface area (Å²) in [6, 6.07) is 6.20. The highest BCUT2D eigenvalue weighted by Crippen LogP contribution is 2.08. The summed E-state index contributed by atoms with van der Waals surface area (Å²) < 4.78 is 0. The average Bonchev–Trinajstić information content (AvgIpc) is 2.18. The van der Waals surface area contributed by atoms with Gasteiger partial charge in [-0.1, -0.05) is 0 Å². The molecular formula is C10H10N2O3. The van der Waals surface area contributed by atoms with Crippen LogP contribution in [0.4, 0.5) is 5.69 Å². The molecule has 78 valence electrons. The van der Waals surface area contributed by atoms with E-state index in [1.165, 1.54) is 19.1 Å². The quantitative estimate of drug-likeness (QED) is 0.708. The largest absolute Gasteiger partial charge is 0.326 e. The molecule has 0 unspecified atom stereocenters. The van der Waals surface area contributed by atoms with Gasteiger partial charge in [0.25, 0.3) is 5.91 Å². The third kappa shape index (κ3) is 3.22. The Morgan fingerprint density at radius 1 is 1.20 bits per heavy atom. The van der Waals surface area contributed by atoms with Crippen LogP contribution in [0.5, 0.6) is 0 Å². The van der Waals surface area contributed by atoms with Crippen molar-refractivity contribution in [3.63, 3.8) is 0 Å². The SMILES string of the molecule is CC(=O)Nc1ccc(C(=O)NC=O)cc1.